The quantitative estimate of drug-likeness (QED) is 0.893. The Balaban J connectivity index is 1.96. The number of benzene rings is 1. The van der Waals surface area contributed by atoms with Crippen LogP contribution in [0.1, 0.15) is 22.3 Å². The largest absolute Gasteiger partial charge is 0.314 e. The van der Waals surface area contributed by atoms with Crippen molar-refractivity contribution in [1.29, 1.82) is 0 Å². The molecule has 1 saturated heterocycles. The van der Waals surface area contributed by atoms with Gasteiger partial charge in [0.25, 0.3) is 0 Å². The molecule has 0 spiro atoms. The van der Waals surface area contributed by atoms with Crippen molar-refractivity contribution in [2.24, 2.45) is 0 Å². The maximum absolute atomic E-state index is 3.40. The van der Waals surface area contributed by atoms with E-state index in [9.17, 15) is 0 Å². The van der Waals surface area contributed by atoms with E-state index in [1.54, 1.807) is 0 Å². The Kier molecular flexibility index (Phi) is 4.97. The molecule has 106 valence electrons. The van der Waals surface area contributed by atoms with E-state index in [0.717, 1.165) is 39.4 Å². The Bertz CT molecular complexity index is 399. The summed E-state index contributed by atoms with van der Waals surface area (Å²) in [4.78, 5) is 4.95. The molecule has 0 saturated carbocycles. The highest BCUT2D eigenvalue weighted by Crippen LogP contribution is 2.18. The van der Waals surface area contributed by atoms with Crippen LogP contribution in [0.4, 0.5) is 0 Å². The molecule has 0 bridgehead atoms. The molecule has 0 aliphatic carbocycles. The standard InChI is InChI=1S/C16H27N3/c1-13-9-14(2)16(15(3)10-13)11-18(4)12-19-7-5-17-6-8-19/h9-10,17H,5-8,11-12H2,1-4H3. The minimum atomic E-state index is 1.04. The van der Waals surface area contributed by atoms with E-state index in [1.807, 2.05) is 0 Å². The molecule has 2 rings (SSSR count). The number of nitrogens with zero attached hydrogens (tertiary/aromatic N) is 2. The summed E-state index contributed by atoms with van der Waals surface area (Å²) in [5.41, 5.74) is 5.70. The highest BCUT2D eigenvalue weighted by Gasteiger charge is 2.13. The molecule has 0 amide bonds. The van der Waals surface area contributed by atoms with E-state index >= 15 is 0 Å². The molecule has 0 atom stereocenters. The molecule has 19 heavy (non-hydrogen) atoms. The maximum Gasteiger partial charge on any atom is 0.0507 e. The second kappa shape index (κ2) is 6.51. The van der Waals surface area contributed by atoms with Gasteiger partial charge in [0.15, 0.2) is 0 Å². The van der Waals surface area contributed by atoms with Crippen molar-refractivity contribution >= 4 is 0 Å². The van der Waals surface area contributed by atoms with Crippen LogP contribution in [0.2, 0.25) is 0 Å². The number of nitrogens with one attached hydrogen (secondary N) is 1. The summed E-state index contributed by atoms with van der Waals surface area (Å²) in [6.45, 7) is 13.3. The molecule has 1 N–H and O–H groups in total. The monoisotopic (exact) mass is 261 g/mol. The van der Waals surface area contributed by atoms with Gasteiger partial charge in [-0.25, -0.2) is 0 Å². The van der Waals surface area contributed by atoms with Gasteiger partial charge in [0, 0.05) is 32.7 Å². The van der Waals surface area contributed by atoms with Gasteiger partial charge in [-0.15, -0.1) is 0 Å². The van der Waals surface area contributed by atoms with Crippen LogP contribution in [-0.2, 0) is 6.54 Å². The summed E-state index contributed by atoms with van der Waals surface area (Å²) in [5, 5.41) is 3.40. The summed E-state index contributed by atoms with van der Waals surface area (Å²) < 4.78 is 0. The predicted octanol–water partition coefficient (Wildman–Crippen LogP) is 1.91. The Hall–Kier alpha value is -0.900. The first-order chi connectivity index (χ1) is 9.06. The summed E-state index contributed by atoms with van der Waals surface area (Å²) in [6, 6.07) is 4.59. The first-order valence-electron chi connectivity index (χ1n) is 7.24. The van der Waals surface area contributed by atoms with Crippen molar-refractivity contribution in [2.45, 2.75) is 27.3 Å². The van der Waals surface area contributed by atoms with Crippen molar-refractivity contribution in [3.8, 4) is 0 Å². The maximum atomic E-state index is 3.40. The SMILES string of the molecule is Cc1cc(C)c(CN(C)CN2CCNCC2)c(C)c1. The van der Waals surface area contributed by atoms with Crippen LogP contribution in [0, 0.1) is 20.8 Å². The zero-order chi connectivity index (χ0) is 13.8. The molecule has 1 fully saturated rings. The van der Waals surface area contributed by atoms with E-state index in [-0.39, 0.29) is 0 Å². The second-order valence-electron chi connectivity index (χ2n) is 5.90. The van der Waals surface area contributed by atoms with E-state index in [1.165, 1.54) is 22.3 Å². The van der Waals surface area contributed by atoms with Crippen molar-refractivity contribution in [1.82, 2.24) is 15.1 Å². The lowest BCUT2D eigenvalue weighted by Crippen LogP contribution is -2.47. The Labute approximate surface area is 117 Å². The minimum Gasteiger partial charge on any atom is -0.314 e. The third-order valence-electron chi connectivity index (χ3n) is 3.92. The number of piperazine rings is 1. The summed E-state index contributed by atoms with van der Waals surface area (Å²) in [6.07, 6.45) is 0. The molecule has 0 unspecified atom stereocenters. The summed E-state index contributed by atoms with van der Waals surface area (Å²) >= 11 is 0. The van der Waals surface area contributed by atoms with Gasteiger partial charge >= 0.3 is 0 Å². The third-order valence-corrected chi connectivity index (χ3v) is 3.92. The summed E-state index contributed by atoms with van der Waals surface area (Å²) in [5.74, 6) is 0. The first-order valence-corrected chi connectivity index (χ1v) is 7.24. The van der Waals surface area contributed by atoms with E-state index in [0.29, 0.717) is 0 Å². The van der Waals surface area contributed by atoms with Gasteiger partial charge < -0.3 is 5.32 Å². The van der Waals surface area contributed by atoms with Crippen molar-refractivity contribution in [3.63, 3.8) is 0 Å². The summed E-state index contributed by atoms with van der Waals surface area (Å²) in [7, 11) is 2.22. The van der Waals surface area contributed by atoms with Crippen LogP contribution < -0.4 is 5.32 Å². The minimum absolute atomic E-state index is 1.04. The normalized spacial score (nSPS) is 17.1. The van der Waals surface area contributed by atoms with Crippen LogP contribution in [0.25, 0.3) is 0 Å². The Morgan fingerprint density at radius 1 is 1.11 bits per heavy atom. The van der Waals surface area contributed by atoms with E-state index in [4.69, 9.17) is 0 Å². The van der Waals surface area contributed by atoms with Gasteiger partial charge in [-0.2, -0.15) is 0 Å². The number of aryl methyl sites for hydroxylation is 3. The van der Waals surface area contributed by atoms with Gasteiger partial charge in [-0.05, 0) is 44.5 Å². The van der Waals surface area contributed by atoms with Crippen LogP contribution in [0.3, 0.4) is 0 Å². The van der Waals surface area contributed by atoms with Gasteiger partial charge in [0.2, 0.25) is 0 Å². The third kappa shape index (κ3) is 4.03. The molecule has 1 heterocycles. The second-order valence-corrected chi connectivity index (χ2v) is 5.90. The molecular weight excluding hydrogens is 234 g/mol. The Morgan fingerprint density at radius 3 is 2.26 bits per heavy atom. The van der Waals surface area contributed by atoms with Gasteiger partial charge in [-0.1, -0.05) is 17.7 Å². The molecule has 1 aromatic carbocycles. The van der Waals surface area contributed by atoms with Crippen LogP contribution in [0.15, 0.2) is 12.1 Å². The molecule has 3 nitrogen and oxygen atoms in total. The molecule has 0 aromatic heterocycles. The average molecular weight is 261 g/mol. The molecule has 0 radical (unpaired) electrons. The smallest absolute Gasteiger partial charge is 0.0507 e. The van der Waals surface area contributed by atoms with Gasteiger partial charge in [0.05, 0.1) is 6.67 Å². The molecule has 1 aliphatic heterocycles. The van der Waals surface area contributed by atoms with Crippen molar-refractivity contribution < 1.29 is 0 Å². The Morgan fingerprint density at radius 2 is 1.68 bits per heavy atom. The van der Waals surface area contributed by atoms with Crippen LogP contribution >= 0.6 is 0 Å². The number of hydrogen-bond donors (Lipinski definition) is 1. The van der Waals surface area contributed by atoms with Gasteiger partial charge in [0.1, 0.15) is 0 Å². The van der Waals surface area contributed by atoms with Crippen molar-refractivity contribution in [3.05, 3.63) is 34.4 Å². The molecule has 1 aliphatic rings. The van der Waals surface area contributed by atoms with E-state index < -0.39 is 0 Å². The fourth-order valence-electron chi connectivity index (χ4n) is 2.97. The highest BCUT2D eigenvalue weighted by molar-refractivity contribution is 5.37. The number of rotatable bonds is 4. The molecule has 3 heteroatoms. The van der Waals surface area contributed by atoms with Crippen molar-refractivity contribution in [2.75, 3.05) is 39.9 Å². The lowest BCUT2D eigenvalue weighted by atomic mass is 9.99. The molecule has 1 aromatic rings. The zero-order valence-electron chi connectivity index (χ0n) is 12.8. The number of hydrogen-bond acceptors (Lipinski definition) is 3. The lowest BCUT2D eigenvalue weighted by molar-refractivity contribution is 0.135. The lowest BCUT2D eigenvalue weighted by Gasteiger charge is -2.31. The van der Waals surface area contributed by atoms with Gasteiger partial charge in [-0.3, -0.25) is 9.80 Å². The fourth-order valence-corrected chi connectivity index (χ4v) is 2.97. The zero-order valence-corrected chi connectivity index (χ0v) is 12.8. The average Bonchev–Trinajstić information content (AvgIpc) is 2.35. The van der Waals surface area contributed by atoms with Crippen LogP contribution in [-0.4, -0.2) is 49.7 Å². The van der Waals surface area contributed by atoms with E-state index in [2.05, 4.69) is 55.1 Å². The topological polar surface area (TPSA) is 18.5 Å². The predicted molar refractivity (Wildman–Crippen MR) is 81.4 cm³/mol. The molecular formula is C16H27N3. The fraction of sp³-hybridized carbons (Fsp3) is 0.625. The highest BCUT2D eigenvalue weighted by atomic mass is 15.3. The van der Waals surface area contributed by atoms with Crippen LogP contribution in [0.5, 0.6) is 0 Å². The first kappa shape index (κ1) is 14.5.